The van der Waals surface area contributed by atoms with Crippen LogP contribution in [-0.2, 0) is 6.54 Å². The van der Waals surface area contributed by atoms with Gasteiger partial charge in [0.2, 0.25) is 0 Å². The van der Waals surface area contributed by atoms with Crippen LogP contribution in [0.2, 0.25) is 5.02 Å². The minimum atomic E-state index is -0.470. The number of aryl methyl sites for hydroxylation is 2. The minimum Gasteiger partial charge on any atom is -0.307 e. The highest BCUT2D eigenvalue weighted by Gasteiger charge is 2.12. The molecule has 0 saturated heterocycles. The molecule has 0 unspecified atom stereocenters. The summed E-state index contributed by atoms with van der Waals surface area (Å²) < 4.78 is 15.2. The Morgan fingerprint density at radius 1 is 1.35 bits per heavy atom. The van der Waals surface area contributed by atoms with E-state index >= 15 is 0 Å². The lowest BCUT2D eigenvalue weighted by Crippen LogP contribution is -2.26. The van der Waals surface area contributed by atoms with Crippen LogP contribution in [0.25, 0.3) is 0 Å². The monoisotopic (exact) mass is 290 g/mol. The second kappa shape index (κ2) is 5.48. The van der Waals surface area contributed by atoms with Crippen LogP contribution in [0.1, 0.15) is 22.4 Å². The van der Waals surface area contributed by atoms with E-state index in [-0.39, 0.29) is 12.1 Å². The lowest BCUT2D eigenvalue weighted by molar-refractivity contribution is 0.593. The first kappa shape index (κ1) is 14.3. The van der Waals surface area contributed by atoms with Crippen molar-refractivity contribution in [1.29, 1.82) is 5.26 Å². The third-order valence-electron chi connectivity index (χ3n) is 3.16. The molecule has 1 aromatic carbocycles. The molecule has 1 aromatic heterocycles. The van der Waals surface area contributed by atoms with E-state index in [2.05, 4.69) is 0 Å². The van der Waals surface area contributed by atoms with Crippen LogP contribution in [0.5, 0.6) is 0 Å². The Kier molecular flexibility index (Phi) is 3.91. The SMILES string of the molecule is Cc1cc(C)n(Cc2ccc(Cl)cc2F)c(=O)c1C#N. The Balaban J connectivity index is 2.55. The Hall–Kier alpha value is -2.12. The van der Waals surface area contributed by atoms with E-state index in [1.165, 1.54) is 16.7 Å². The summed E-state index contributed by atoms with van der Waals surface area (Å²) in [6.07, 6.45) is 0. The van der Waals surface area contributed by atoms with Gasteiger partial charge in [0.25, 0.3) is 5.56 Å². The molecule has 0 radical (unpaired) electrons. The smallest absolute Gasteiger partial charge is 0.269 e. The van der Waals surface area contributed by atoms with Gasteiger partial charge in [-0.15, -0.1) is 0 Å². The minimum absolute atomic E-state index is 0.0721. The first-order valence-corrected chi connectivity index (χ1v) is 6.37. The first-order chi connectivity index (χ1) is 9.43. The maximum Gasteiger partial charge on any atom is 0.269 e. The fraction of sp³-hybridized carbons (Fsp3) is 0.200. The van der Waals surface area contributed by atoms with Gasteiger partial charge in [0.1, 0.15) is 17.4 Å². The maximum absolute atomic E-state index is 13.8. The molecule has 0 aliphatic carbocycles. The van der Waals surface area contributed by atoms with Crippen LogP contribution in [-0.4, -0.2) is 4.57 Å². The van der Waals surface area contributed by atoms with Gasteiger partial charge in [0.15, 0.2) is 0 Å². The van der Waals surface area contributed by atoms with Gasteiger partial charge in [-0.05, 0) is 37.6 Å². The predicted octanol–water partition coefficient (Wildman–Crippen LogP) is 3.18. The lowest BCUT2D eigenvalue weighted by Gasteiger charge is -2.12. The van der Waals surface area contributed by atoms with Crippen LogP contribution in [0.15, 0.2) is 29.1 Å². The van der Waals surface area contributed by atoms with Crippen molar-refractivity contribution in [2.45, 2.75) is 20.4 Å². The molecule has 0 atom stereocenters. The van der Waals surface area contributed by atoms with Crippen LogP contribution >= 0.6 is 11.6 Å². The van der Waals surface area contributed by atoms with Crippen molar-refractivity contribution in [3.8, 4) is 6.07 Å². The Bertz CT molecular complexity index is 775. The molecule has 3 nitrogen and oxygen atoms in total. The summed E-state index contributed by atoms with van der Waals surface area (Å²) in [5.74, 6) is -0.470. The zero-order valence-electron chi connectivity index (χ0n) is 11.1. The number of nitrogens with zero attached hydrogens (tertiary/aromatic N) is 2. The number of benzene rings is 1. The summed E-state index contributed by atoms with van der Waals surface area (Å²) in [4.78, 5) is 12.2. The number of aromatic nitrogens is 1. The van der Waals surface area contributed by atoms with Crippen LogP contribution in [0, 0.1) is 31.0 Å². The quantitative estimate of drug-likeness (QED) is 0.853. The third-order valence-corrected chi connectivity index (χ3v) is 3.39. The molecule has 0 saturated carbocycles. The molecule has 0 N–H and O–H groups in total. The summed E-state index contributed by atoms with van der Waals surface area (Å²) in [5.41, 5.74) is 1.35. The molecule has 20 heavy (non-hydrogen) atoms. The average molecular weight is 291 g/mol. The van der Waals surface area contributed by atoms with Crippen molar-refractivity contribution >= 4 is 11.6 Å². The van der Waals surface area contributed by atoms with E-state index in [4.69, 9.17) is 16.9 Å². The number of halogens is 2. The molecule has 102 valence electrons. The van der Waals surface area contributed by atoms with Gasteiger partial charge in [-0.25, -0.2) is 4.39 Å². The molecule has 5 heteroatoms. The van der Waals surface area contributed by atoms with Crippen molar-refractivity contribution in [2.75, 3.05) is 0 Å². The Morgan fingerprint density at radius 3 is 2.65 bits per heavy atom. The number of rotatable bonds is 2. The number of nitriles is 1. The molecule has 0 fully saturated rings. The topological polar surface area (TPSA) is 45.8 Å². The van der Waals surface area contributed by atoms with Crippen molar-refractivity contribution in [3.63, 3.8) is 0 Å². The second-order valence-corrected chi connectivity index (χ2v) is 5.02. The standard InChI is InChI=1S/C15H12ClFN2O/c1-9-5-10(2)19(15(20)13(9)7-18)8-11-3-4-12(16)6-14(11)17/h3-6H,8H2,1-2H3. The second-order valence-electron chi connectivity index (χ2n) is 4.58. The molecular weight excluding hydrogens is 279 g/mol. The fourth-order valence-corrected chi connectivity index (χ4v) is 2.24. The van der Waals surface area contributed by atoms with E-state index in [1.54, 1.807) is 26.0 Å². The highest BCUT2D eigenvalue weighted by atomic mass is 35.5. The molecule has 0 aliphatic rings. The van der Waals surface area contributed by atoms with Gasteiger partial charge in [-0.1, -0.05) is 17.7 Å². The normalized spacial score (nSPS) is 10.3. The molecule has 0 bridgehead atoms. The average Bonchev–Trinajstić information content (AvgIpc) is 2.37. The predicted molar refractivity (Wildman–Crippen MR) is 75.4 cm³/mol. The van der Waals surface area contributed by atoms with E-state index < -0.39 is 11.4 Å². The summed E-state index contributed by atoms with van der Waals surface area (Å²) >= 11 is 5.70. The van der Waals surface area contributed by atoms with Gasteiger partial charge in [-0.3, -0.25) is 4.79 Å². The number of pyridine rings is 1. The van der Waals surface area contributed by atoms with E-state index in [9.17, 15) is 9.18 Å². The largest absolute Gasteiger partial charge is 0.307 e. The van der Waals surface area contributed by atoms with Crippen molar-refractivity contribution in [1.82, 2.24) is 4.57 Å². The highest BCUT2D eigenvalue weighted by molar-refractivity contribution is 6.30. The Morgan fingerprint density at radius 2 is 2.05 bits per heavy atom. The van der Waals surface area contributed by atoms with Gasteiger partial charge >= 0.3 is 0 Å². The highest BCUT2D eigenvalue weighted by Crippen LogP contribution is 2.16. The summed E-state index contributed by atoms with van der Waals surface area (Å²) in [7, 11) is 0. The molecule has 2 aromatic rings. The fourth-order valence-electron chi connectivity index (χ4n) is 2.08. The lowest BCUT2D eigenvalue weighted by atomic mass is 10.1. The molecule has 1 heterocycles. The maximum atomic E-state index is 13.8. The third kappa shape index (κ3) is 2.59. The van der Waals surface area contributed by atoms with Gasteiger partial charge < -0.3 is 4.57 Å². The van der Waals surface area contributed by atoms with Crippen molar-refractivity contribution < 1.29 is 4.39 Å². The molecule has 0 aliphatic heterocycles. The number of hydrogen-bond donors (Lipinski definition) is 0. The number of hydrogen-bond acceptors (Lipinski definition) is 2. The Labute approximate surface area is 120 Å². The molecular formula is C15H12ClFN2O. The van der Waals surface area contributed by atoms with Crippen molar-refractivity contribution in [2.24, 2.45) is 0 Å². The van der Waals surface area contributed by atoms with Gasteiger partial charge in [0.05, 0.1) is 6.54 Å². The first-order valence-electron chi connectivity index (χ1n) is 5.99. The molecule has 0 spiro atoms. The van der Waals surface area contributed by atoms with Crippen LogP contribution in [0.4, 0.5) is 4.39 Å². The summed E-state index contributed by atoms with van der Waals surface area (Å²) in [6.45, 7) is 3.53. The van der Waals surface area contributed by atoms with Crippen LogP contribution in [0.3, 0.4) is 0 Å². The van der Waals surface area contributed by atoms with E-state index in [1.807, 2.05) is 6.07 Å². The summed E-state index contributed by atoms with van der Waals surface area (Å²) in [5, 5.41) is 9.32. The van der Waals surface area contributed by atoms with Crippen molar-refractivity contribution in [3.05, 3.63) is 67.8 Å². The zero-order chi connectivity index (χ0) is 14.9. The van der Waals surface area contributed by atoms with E-state index in [0.717, 1.165) is 0 Å². The summed E-state index contributed by atoms with van der Waals surface area (Å²) in [6, 6.07) is 7.95. The molecule has 2 rings (SSSR count). The van der Waals surface area contributed by atoms with Gasteiger partial charge in [-0.2, -0.15) is 5.26 Å². The van der Waals surface area contributed by atoms with E-state index in [0.29, 0.717) is 21.8 Å². The molecule has 0 amide bonds. The van der Waals surface area contributed by atoms with Gasteiger partial charge in [0, 0.05) is 16.3 Å². The van der Waals surface area contributed by atoms with Crippen LogP contribution < -0.4 is 5.56 Å². The zero-order valence-corrected chi connectivity index (χ0v) is 11.8.